The van der Waals surface area contributed by atoms with Gasteiger partial charge < -0.3 is 10.1 Å². The van der Waals surface area contributed by atoms with Gasteiger partial charge in [0.1, 0.15) is 5.75 Å². The van der Waals surface area contributed by atoms with E-state index < -0.39 is 0 Å². The molecule has 21 heavy (non-hydrogen) atoms. The lowest BCUT2D eigenvalue weighted by molar-refractivity contribution is 0.300. The summed E-state index contributed by atoms with van der Waals surface area (Å²) >= 11 is 6.27. The molecule has 2 nitrogen and oxygen atoms in total. The average Bonchev–Trinajstić information content (AvgIpc) is 2.46. The van der Waals surface area contributed by atoms with Crippen molar-refractivity contribution in [1.29, 1.82) is 0 Å². The van der Waals surface area contributed by atoms with Gasteiger partial charge in [0.05, 0.1) is 11.6 Å². The van der Waals surface area contributed by atoms with E-state index in [-0.39, 0.29) is 0 Å². The average molecular weight is 312 g/mol. The number of halogens is 1. The molecule has 0 atom stereocenters. The van der Waals surface area contributed by atoms with Gasteiger partial charge >= 0.3 is 0 Å². The van der Waals surface area contributed by atoms with Gasteiger partial charge in [0.15, 0.2) is 0 Å². The fourth-order valence-electron chi connectivity index (χ4n) is 2.23. The van der Waals surface area contributed by atoms with Crippen molar-refractivity contribution in [1.82, 2.24) is 5.32 Å². The molecule has 0 aliphatic rings. The van der Waals surface area contributed by atoms with Crippen molar-refractivity contribution in [3.8, 4) is 5.75 Å². The SMILES string of the molecule is CCCCCCCCOc1c(Cl)cccc1CNC(C)C. The first-order valence-electron chi connectivity index (χ1n) is 8.28. The summed E-state index contributed by atoms with van der Waals surface area (Å²) in [5, 5.41) is 4.13. The minimum atomic E-state index is 0.454. The highest BCUT2D eigenvalue weighted by Gasteiger charge is 2.08. The van der Waals surface area contributed by atoms with Crippen LogP contribution in [0.4, 0.5) is 0 Å². The third-order valence-electron chi connectivity index (χ3n) is 3.49. The fraction of sp³-hybridized carbons (Fsp3) is 0.667. The molecule has 0 aromatic heterocycles. The smallest absolute Gasteiger partial charge is 0.142 e. The highest BCUT2D eigenvalue weighted by molar-refractivity contribution is 6.32. The number of hydrogen-bond acceptors (Lipinski definition) is 2. The molecular formula is C18H30ClNO. The van der Waals surface area contributed by atoms with Crippen LogP contribution in [0.3, 0.4) is 0 Å². The Bertz CT molecular complexity index is 393. The van der Waals surface area contributed by atoms with Gasteiger partial charge in [-0.05, 0) is 12.5 Å². The minimum Gasteiger partial charge on any atom is -0.492 e. The first-order chi connectivity index (χ1) is 10.1. The quantitative estimate of drug-likeness (QED) is 0.539. The van der Waals surface area contributed by atoms with Crippen LogP contribution in [0.5, 0.6) is 5.75 Å². The molecule has 0 heterocycles. The Balaban J connectivity index is 2.38. The normalized spacial score (nSPS) is 11.1. The molecule has 1 aromatic rings. The van der Waals surface area contributed by atoms with Crippen LogP contribution in [-0.2, 0) is 6.54 Å². The van der Waals surface area contributed by atoms with E-state index >= 15 is 0 Å². The Kier molecular flexibility index (Phi) is 9.53. The molecule has 0 aliphatic heterocycles. The summed E-state index contributed by atoms with van der Waals surface area (Å²) in [7, 11) is 0. The van der Waals surface area contributed by atoms with Crippen molar-refractivity contribution in [2.75, 3.05) is 6.61 Å². The second-order valence-electron chi connectivity index (χ2n) is 5.88. The van der Waals surface area contributed by atoms with Gasteiger partial charge in [-0.3, -0.25) is 0 Å². The second-order valence-corrected chi connectivity index (χ2v) is 6.29. The topological polar surface area (TPSA) is 21.3 Å². The highest BCUT2D eigenvalue weighted by atomic mass is 35.5. The largest absolute Gasteiger partial charge is 0.492 e. The summed E-state index contributed by atoms with van der Waals surface area (Å²) in [6.07, 6.45) is 7.63. The molecule has 0 saturated carbocycles. The van der Waals surface area contributed by atoms with Crippen LogP contribution < -0.4 is 10.1 Å². The van der Waals surface area contributed by atoms with Gasteiger partial charge in [-0.15, -0.1) is 0 Å². The maximum absolute atomic E-state index is 6.27. The number of unbranched alkanes of at least 4 members (excludes halogenated alkanes) is 5. The predicted octanol–water partition coefficient (Wildman–Crippen LogP) is 5.58. The second kappa shape index (κ2) is 10.9. The van der Waals surface area contributed by atoms with Crippen molar-refractivity contribution in [2.45, 2.75) is 71.9 Å². The Hall–Kier alpha value is -0.730. The molecule has 0 aliphatic carbocycles. The number of hydrogen-bond donors (Lipinski definition) is 1. The van der Waals surface area contributed by atoms with Crippen molar-refractivity contribution in [2.24, 2.45) is 0 Å². The van der Waals surface area contributed by atoms with Crippen molar-refractivity contribution < 1.29 is 4.74 Å². The monoisotopic (exact) mass is 311 g/mol. The van der Waals surface area contributed by atoms with Gasteiger partial charge in [0.25, 0.3) is 0 Å². The van der Waals surface area contributed by atoms with E-state index in [1.54, 1.807) is 0 Å². The number of nitrogens with one attached hydrogen (secondary N) is 1. The van der Waals surface area contributed by atoms with E-state index in [2.05, 4.69) is 32.2 Å². The summed E-state index contributed by atoms with van der Waals surface area (Å²) in [5.41, 5.74) is 1.14. The van der Waals surface area contributed by atoms with Crippen molar-refractivity contribution in [3.63, 3.8) is 0 Å². The van der Waals surface area contributed by atoms with Gasteiger partial charge in [-0.2, -0.15) is 0 Å². The standard InChI is InChI=1S/C18H30ClNO/c1-4-5-6-7-8-9-13-21-18-16(14-20-15(2)3)11-10-12-17(18)19/h10-12,15,20H,4-9,13-14H2,1-3H3. The van der Waals surface area contributed by atoms with E-state index in [0.717, 1.165) is 30.9 Å². The summed E-state index contributed by atoms with van der Waals surface area (Å²) in [6, 6.07) is 6.42. The zero-order valence-corrected chi connectivity index (χ0v) is 14.5. The maximum atomic E-state index is 6.27. The molecule has 0 fully saturated rings. The lowest BCUT2D eigenvalue weighted by Crippen LogP contribution is -2.22. The van der Waals surface area contributed by atoms with Crippen LogP contribution in [0.15, 0.2) is 18.2 Å². The Morgan fingerprint density at radius 1 is 1.10 bits per heavy atom. The number of ether oxygens (including phenoxy) is 1. The van der Waals surface area contributed by atoms with Gasteiger partial charge in [0.2, 0.25) is 0 Å². The zero-order chi connectivity index (χ0) is 15.5. The van der Waals surface area contributed by atoms with E-state index in [9.17, 15) is 0 Å². The third-order valence-corrected chi connectivity index (χ3v) is 3.79. The summed E-state index contributed by atoms with van der Waals surface area (Å²) in [6.45, 7) is 8.07. The van der Waals surface area contributed by atoms with Gasteiger partial charge in [0, 0.05) is 18.2 Å². The first kappa shape index (κ1) is 18.3. The van der Waals surface area contributed by atoms with E-state index in [1.165, 1.54) is 32.1 Å². The molecule has 120 valence electrons. The molecule has 3 heteroatoms. The van der Waals surface area contributed by atoms with Crippen LogP contribution in [0, 0.1) is 0 Å². The summed E-state index contributed by atoms with van der Waals surface area (Å²) in [4.78, 5) is 0. The van der Waals surface area contributed by atoms with E-state index in [1.807, 2.05) is 12.1 Å². The van der Waals surface area contributed by atoms with Crippen LogP contribution in [0.2, 0.25) is 5.02 Å². The molecule has 1 rings (SSSR count). The number of benzene rings is 1. The molecular weight excluding hydrogens is 282 g/mol. The molecule has 0 bridgehead atoms. The van der Waals surface area contributed by atoms with Gasteiger partial charge in [-0.25, -0.2) is 0 Å². The third kappa shape index (κ3) is 7.73. The van der Waals surface area contributed by atoms with Crippen molar-refractivity contribution in [3.05, 3.63) is 28.8 Å². The molecule has 1 aromatic carbocycles. The van der Waals surface area contributed by atoms with Crippen LogP contribution in [-0.4, -0.2) is 12.6 Å². The zero-order valence-electron chi connectivity index (χ0n) is 13.8. The molecule has 0 radical (unpaired) electrons. The first-order valence-corrected chi connectivity index (χ1v) is 8.66. The highest BCUT2D eigenvalue weighted by Crippen LogP contribution is 2.29. The predicted molar refractivity (Wildman–Crippen MR) is 92.3 cm³/mol. The Labute approximate surface area is 135 Å². The molecule has 0 spiro atoms. The molecule has 1 N–H and O–H groups in total. The number of rotatable bonds is 11. The van der Waals surface area contributed by atoms with Crippen LogP contribution >= 0.6 is 11.6 Å². The lowest BCUT2D eigenvalue weighted by Gasteiger charge is -2.15. The maximum Gasteiger partial charge on any atom is 0.142 e. The summed E-state index contributed by atoms with van der Waals surface area (Å²) in [5.74, 6) is 0.848. The van der Waals surface area contributed by atoms with E-state index in [0.29, 0.717) is 11.1 Å². The fourth-order valence-corrected chi connectivity index (χ4v) is 2.47. The summed E-state index contributed by atoms with van der Waals surface area (Å²) < 4.78 is 5.93. The van der Waals surface area contributed by atoms with Gasteiger partial charge in [-0.1, -0.05) is 76.6 Å². The molecule has 0 unspecified atom stereocenters. The van der Waals surface area contributed by atoms with Crippen LogP contribution in [0.1, 0.15) is 64.9 Å². The molecule has 0 amide bonds. The minimum absolute atomic E-state index is 0.454. The number of para-hydroxylation sites is 1. The Morgan fingerprint density at radius 3 is 2.52 bits per heavy atom. The van der Waals surface area contributed by atoms with Crippen molar-refractivity contribution >= 4 is 11.6 Å². The van der Waals surface area contributed by atoms with E-state index in [4.69, 9.17) is 16.3 Å². The molecule has 0 saturated heterocycles. The van der Waals surface area contributed by atoms with Crippen LogP contribution in [0.25, 0.3) is 0 Å². The lowest BCUT2D eigenvalue weighted by atomic mass is 10.1. The Morgan fingerprint density at radius 2 is 1.81 bits per heavy atom.